The SMILES string of the molecule is COc1cnccc1C(C)Nc1ccc(NC(C)=O)cn1. The van der Waals surface area contributed by atoms with Crippen molar-refractivity contribution in [3.63, 3.8) is 0 Å². The number of hydrogen-bond donors (Lipinski definition) is 2. The normalized spacial score (nSPS) is 11.6. The van der Waals surface area contributed by atoms with Crippen LogP contribution >= 0.6 is 0 Å². The maximum absolute atomic E-state index is 11.0. The highest BCUT2D eigenvalue weighted by molar-refractivity contribution is 5.88. The van der Waals surface area contributed by atoms with E-state index in [-0.39, 0.29) is 11.9 Å². The van der Waals surface area contributed by atoms with Crippen LogP contribution in [0, 0.1) is 0 Å². The van der Waals surface area contributed by atoms with Crippen LogP contribution in [-0.4, -0.2) is 23.0 Å². The van der Waals surface area contributed by atoms with E-state index in [0.29, 0.717) is 5.69 Å². The zero-order chi connectivity index (χ0) is 15.2. The molecule has 6 heteroatoms. The summed E-state index contributed by atoms with van der Waals surface area (Å²) in [6, 6.07) is 5.53. The van der Waals surface area contributed by atoms with Gasteiger partial charge in [0, 0.05) is 18.7 Å². The fraction of sp³-hybridized carbons (Fsp3) is 0.267. The number of rotatable bonds is 5. The fourth-order valence-corrected chi connectivity index (χ4v) is 1.98. The second-order valence-electron chi connectivity index (χ2n) is 4.60. The smallest absolute Gasteiger partial charge is 0.221 e. The topological polar surface area (TPSA) is 76.1 Å². The third-order valence-corrected chi connectivity index (χ3v) is 2.95. The van der Waals surface area contributed by atoms with Gasteiger partial charge in [0.1, 0.15) is 11.6 Å². The maximum atomic E-state index is 11.0. The van der Waals surface area contributed by atoms with E-state index in [1.807, 2.05) is 19.1 Å². The Morgan fingerprint density at radius 3 is 2.71 bits per heavy atom. The molecule has 0 saturated carbocycles. The van der Waals surface area contributed by atoms with E-state index in [0.717, 1.165) is 17.1 Å². The molecule has 2 heterocycles. The summed E-state index contributed by atoms with van der Waals surface area (Å²) in [4.78, 5) is 19.3. The van der Waals surface area contributed by atoms with Crippen LogP contribution in [0.3, 0.4) is 0 Å². The summed E-state index contributed by atoms with van der Waals surface area (Å²) in [5.74, 6) is 1.33. The van der Waals surface area contributed by atoms with Gasteiger partial charge in [0.05, 0.1) is 31.2 Å². The summed E-state index contributed by atoms with van der Waals surface area (Å²) < 4.78 is 5.30. The van der Waals surface area contributed by atoms with E-state index in [2.05, 4.69) is 20.6 Å². The van der Waals surface area contributed by atoms with E-state index in [9.17, 15) is 4.79 Å². The molecule has 1 atom stereocenters. The molecule has 21 heavy (non-hydrogen) atoms. The lowest BCUT2D eigenvalue weighted by Crippen LogP contribution is -2.10. The highest BCUT2D eigenvalue weighted by atomic mass is 16.5. The van der Waals surface area contributed by atoms with E-state index < -0.39 is 0 Å². The van der Waals surface area contributed by atoms with Gasteiger partial charge in [0.15, 0.2) is 0 Å². The number of ether oxygens (including phenoxy) is 1. The third kappa shape index (κ3) is 3.92. The standard InChI is InChI=1S/C15H18N4O2/c1-10(13-6-7-16-9-14(13)21-3)18-15-5-4-12(8-17-15)19-11(2)20/h4-10H,1-3H3,(H,17,18)(H,19,20). The molecule has 0 saturated heterocycles. The molecule has 6 nitrogen and oxygen atoms in total. The lowest BCUT2D eigenvalue weighted by Gasteiger charge is -2.17. The van der Waals surface area contributed by atoms with Crippen molar-refractivity contribution in [3.05, 3.63) is 42.4 Å². The van der Waals surface area contributed by atoms with E-state index >= 15 is 0 Å². The molecule has 110 valence electrons. The third-order valence-electron chi connectivity index (χ3n) is 2.95. The Bertz CT molecular complexity index is 613. The van der Waals surface area contributed by atoms with Gasteiger partial charge in [-0.05, 0) is 25.1 Å². The van der Waals surface area contributed by atoms with Crippen molar-refractivity contribution in [1.82, 2.24) is 9.97 Å². The quantitative estimate of drug-likeness (QED) is 0.883. The molecule has 0 aliphatic rings. The minimum Gasteiger partial charge on any atom is -0.495 e. The van der Waals surface area contributed by atoms with Crippen LogP contribution in [0.4, 0.5) is 11.5 Å². The highest BCUT2D eigenvalue weighted by Crippen LogP contribution is 2.26. The molecule has 1 unspecified atom stereocenters. The molecule has 0 bridgehead atoms. The van der Waals surface area contributed by atoms with Crippen molar-refractivity contribution in [3.8, 4) is 5.75 Å². The van der Waals surface area contributed by atoms with Gasteiger partial charge in [0.2, 0.25) is 5.91 Å². The van der Waals surface area contributed by atoms with Gasteiger partial charge in [-0.1, -0.05) is 0 Å². The predicted octanol–water partition coefficient (Wildman–Crippen LogP) is 2.62. The van der Waals surface area contributed by atoms with Gasteiger partial charge >= 0.3 is 0 Å². The van der Waals surface area contributed by atoms with Gasteiger partial charge in [-0.25, -0.2) is 4.98 Å². The Morgan fingerprint density at radius 1 is 1.29 bits per heavy atom. The first-order valence-corrected chi connectivity index (χ1v) is 6.58. The van der Waals surface area contributed by atoms with Crippen molar-refractivity contribution in [2.75, 3.05) is 17.7 Å². The molecule has 0 radical (unpaired) electrons. The van der Waals surface area contributed by atoms with Crippen molar-refractivity contribution in [2.24, 2.45) is 0 Å². The average molecular weight is 286 g/mol. The number of amides is 1. The zero-order valence-corrected chi connectivity index (χ0v) is 12.3. The van der Waals surface area contributed by atoms with Crippen LogP contribution in [0.5, 0.6) is 5.75 Å². The van der Waals surface area contributed by atoms with E-state index in [4.69, 9.17) is 4.74 Å². The summed E-state index contributed by atoms with van der Waals surface area (Å²) >= 11 is 0. The number of hydrogen-bond acceptors (Lipinski definition) is 5. The first kappa shape index (κ1) is 14.8. The Morgan fingerprint density at radius 2 is 2.10 bits per heavy atom. The summed E-state index contributed by atoms with van der Waals surface area (Å²) in [7, 11) is 1.62. The van der Waals surface area contributed by atoms with Gasteiger partial charge in [-0.3, -0.25) is 9.78 Å². The molecule has 2 N–H and O–H groups in total. The van der Waals surface area contributed by atoms with Crippen LogP contribution in [-0.2, 0) is 4.79 Å². The molecular weight excluding hydrogens is 268 g/mol. The molecule has 2 rings (SSSR count). The van der Waals surface area contributed by atoms with E-state index in [1.54, 1.807) is 31.8 Å². The van der Waals surface area contributed by atoms with Crippen LogP contribution in [0.15, 0.2) is 36.8 Å². The summed E-state index contributed by atoms with van der Waals surface area (Å²) in [5, 5.41) is 5.96. The molecule has 0 spiro atoms. The number of carbonyl (C=O) groups excluding carboxylic acids is 1. The zero-order valence-electron chi connectivity index (χ0n) is 12.3. The number of methoxy groups -OCH3 is 1. The number of nitrogens with zero attached hydrogens (tertiary/aromatic N) is 2. The summed E-state index contributed by atoms with van der Waals surface area (Å²) in [6.07, 6.45) is 5.02. The Balaban J connectivity index is 2.08. The summed E-state index contributed by atoms with van der Waals surface area (Å²) in [6.45, 7) is 3.48. The first-order valence-electron chi connectivity index (χ1n) is 6.58. The predicted molar refractivity (Wildman–Crippen MR) is 81.4 cm³/mol. The average Bonchev–Trinajstić information content (AvgIpc) is 2.48. The fourth-order valence-electron chi connectivity index (χ4n) is 1.98. The number of pyridine rings is 2. The number of carbonyl (C=O) groups is 1. The van der Waals surface area contributed by atoms with Gasteiger partial charge in [0.25, 0.3) is 0 Å². The molecule has 0 fully saturated rings. The largest absolute Gasteiger partial charge is 0.495 e. The van der Waals surface area contributed by atoms with Crippen LogP contribution in [0.25, 0.3) is 0 Å². The van der Waals surface area contributed by atoms with Gasteiger partial charge < -0.3 is 15.4 Å². The summed E-state index contributed by atoms with van der Waals surface area (Å²) in [5.41, 5.74) is 1.67. The second-order valence-corrected chi connectivity index (χ2v) is 4.60. The Labute approximate surface area is 123 Å². The Hall–Kier alpha value is -2.63. The molecule has 0 aliphatic heterocycles. The molecule has 2 aromatic heterocycles. The molecule has 0 aliphatic carbocycles. The number of aromatic nitrogens is 2. The van der Waals surface area contributed by atoms with Crippen molar-refractivity contribution < 1.29 is 9.53 Å². The molecule has 0 aromatic carbocycles. The van der Waals surface area contributed by atoms with Crippen LogP contribution < -0.4 is 15.4 Å². The molecule has 2 aromatic rings. The van der Waals surface area contributed by atoms with Crippen molar-refractivity contribution in [1.29, 1.82) is 0 Å². The molecular formula is C15H18N4O2. The molecule has 1 amide bonds. The maximum Gasteiger partial charge on any atom is 0.221 e. The minimum atomic E-state index is -0.118. The van der Waals surface area contributed by atoms with Crippen molar-refractivity contribution >= 4 is 17.4 Å². The van der Waals surface area contributed by atoms with Crippen molar-refractivity contribution in [2.45, 2.75) is 19.9 Å². The van der Waals surface area contributed by atoms with Crippen LogP contribution in [0.2, 0.25) is 0 Å². The lowest BCUT2D eigenvalue weighted by molar-refractivity contribution is -0.114. The van der Waals surface area contributed by atoms with Gasteiger partial charge in [-0.2, -0.15) is 0 Å². The highest BCUT2D eigenvalue weighted by Gasteiger charge is 2.11. The number of anilines is 2. The van der Waals surface area contributed by atoms with Gasteiger partial charge in [-0.15, -0.1) is 0 Å². The first-order chi connectivity index (χ1) is 10.1. The van der Waals surface area contributed by atoms with Crippen LogP contribution in [0.1, 0.15) is 25.5 Å². The number of nitrogens with one attached hydrogen (secondary N) is 2. The monoisotopic (exact) mass is 286 g/mol. The van der Waals surface area contributed by atoms with E-state index in [1.165, 1.54) is 6.92 Å². The minimum absolute atomic E-state index is 0.0158. The lowest BCUT2D eigenvalue weighted by atomic mass is 10.1. The Kier molecular flexibility index (Phi) is 4.71. The second kappa shape index (κ2) is 6.69.